The van der Waals surface area contributed by atoms with Gasteiger partial charge in [0.25, 0.3) is 0 Å². The monoisotopic (exact) mass is 311 g/mol. The summed E-state index contributed by atoms with van der Waals surface area (Å²) in [5.74, 6) is -0.956. The third-order valence-electron chi connectivity index (χ3n) is 3.79. The smallest absolute Gasteiger partial charge is 0.304 e. The van der Waals surface area contributed by atoms with Gasteiger partial charge < -0.3 is 5.11 Å². The fourth-order valence-corrected chi connectivity index (χ4v) is 4.80. The number of benzene rings is 1. The molecule has 0 bridgehead atoms. The molecule has 1 saturated heterocycles. The van der Waals surface area contributed by atoms with Crippen LogP contribution in [0.15, 0.2) is 23.1 Å². The zero-order valence-corrected chi connectivity index (χ0v) is 13.2. The van der Waals surface area contributed by atoms with Gasteiger partial charge in [-0.05, 0) is 49.9 Å². The lowest BCUT2D eigenvalue weighted by molar-refractivity contribution is -0.138. The first-order valence-corrected chi connectivity index (χ1v) is 8.56. The van der Waals surface area contributed by atoms with Gasteiger partial charge in [-0.1, -0.05) is 12.5 Å². The first-order valence-electron chi connectivity index (χ1n) is 7.12. The van der Waals surface area contributed by atoms with Crippen molar-refractivity contribution in [3.8, 4) is 0 Å². The Hall–Kier alpha value is -1.40. The lowest BCUT2D eigenvalue weighted by Crippen LogP contribution is -2.44. The fourth-order valence-electron chi connectivity index (χ4n) is 2.91. The van der Waals surface area contributed by atoms with Gasteiger partial charge in [0.1, 0.15) is 0 Å². The standard InChI is InChI=1S/C15H21NO4S/c1-11-7-12(2)9-14(8-11)21(19,20)16-6-4-3-5-13(16)10-15(17)18/h7-9,13H,3-6,10H2,1-2H3,(H,17,18). The minimum absolute atomic E-state index is 0.135. The minimum Gasteiger partial charge on any atom is -0.481 e. The Morgan fingerprint density at radius 3 is 2.43 bits per heavy atom. The van der Waals surface area contributed by atoms with Crippen LogP contribution in [0.5, 0.6) is 0 Å². The molecule has 1 aliphatic rings. The zero-order chi connectivity index (χ0) is 15.6. The van der Waals surface area contributed by atoms with Crippen molar-refractivity contribution < 1.29 is 18.3 Å². The molecule has 6 heteroatoms. The van der Waals surface area contributed by atoms with E-state index in [0.717, 1.165) is 24.0 Å². The molecular formula is C15H21NO4S. The number of carboxylic acids is 1. The molecule has 1 N–H and O–H groups in total. The van der Waals surface area contributed by atoms with Gasteiger partial charge in [-0.2, -0.15) is 4.31 Å². The highest BCUT2D eigenvalue weighted by Gasteiger charge is 2.34. The van der Waals surface area contributed by atoms with E-state index >= 15 is 0 Å². The van der Waals surface area contributed by atoms with Crippen molar-refractivity contribution in [1.29, 1.82) is 0 Å². The molecule has 0 radical (unpaired) electrons. The SMILES string of the molecule is Cc1cc(C)cc(S(=O)(=O)N2CCCCC2CC(=O)O)c1. The van der Waals surface area contributed by atoms with E-state index in [-0.39, 0.29) is 11.3 Å². The predicted molar refractivity (Wildman–Crippen MR) is 79.7 cm³/mol. The number of hydrogen-bond donors (Lipinski definition) is 1. The topological polar surface area (TPSA) is 74.7 Å². The summed E-state index contributed by atoms with van der Waals surface area (Å²) in [6.45, 7) is 4.11. The van der Waals surface area contributed by atoms with Gasteiger partial charge in [-0.25, -0.2) is 8.42 Å². The van der Waals surface area contributed by atoms with E-state index in [0.29, 0.717) is 13.0 Å². The van der Waals surface area contributed by atoms with Crippen molar-refractivity contribution >= 4 is 16.0 Å². The third kappa shape index (κ3) is 3.63. The Morgan fingerprint density at radius 2 is 1.86 bits per heavy atom. The molecule has 2 rings (SSSR count). The molecule has 0 aromatic heterocycles. The molecule has 0 aliphatic carbocycles. The maximum absolute atomic E-state index is 12.8. The van der Waals surface area contributed by atoms with Gasteiger partial charge in [0, 0.05) is 12.6 Å². The van der Waals surface area contributed by atoms with Crippen LogP contribution in [0.1, 0.15) is 36.8 Å². The van der Waals surface area contributed by atoms with Gasteiger partial charge in [0.2, 0.25) is 10.0 Å². The van der Waals surface area contributed by atoms with Crippen LogP contribution in [0.3, 0.4) is 0 Å². The van der Waals surface area contributed by atoms with Crippen molar-refractivity contribution in [3.63, 3.8) is 0 Å². The summed E-state index contributed by atoms with van der Waals surface area (Å²) >= 11 is 0. The van der Waals surface area contributed by atoms with Crippen molar-refractivity contribution in [3.05, 3.63) is 29.3 Å². The summed E-state index contributed by atoms with van der Waals surface area (Å²) < 4.78 is 27.0. The maximum Gasteiger partial charge on any atom is 0.304 e. The van der Waals surface area contributed by atoms with E-state index in [1.807, 2.05) is 19.9 Å². The lowest BCUT2D eigenvalue weighted by atomic mass is 10.0. The second-order valence-corrected chi connectivity index (χ2v) is 7.58. The first kappa shape index (κ1) is 16.0. The van der Waals surface area contributed by atoms with Crippen molar-refractivity contribution in [1.82, 2.24) is 4.31 Å². The number of sulfonamides is 1. The van der Waals surface area contributed by atoms with Crippen LogP contribution in [-0.4, -0.2) is 36.4 Å². The van der Waals surface area contributed by atoms with Gasteiger partial charge in [0.05, 0.1) is 11.3 Å². The van der Waals surface area contributed by atoms with E-state index in [1.54, 1.807) is 12.1 Å². The molecule has 21 heavy (non-hydrogen) atoms. The highest BCUT2D eigenvalue weighted by Crippen LogP contribution is 2.28. The molecule has 0 amide bonds. The summed E-state index contributed by atoms with van der Waals surface area (Å²) in [4.78, 5) is 11.2. The van der Waals surface area contributed by atoms with Crippen molar-refractivity contribution in [2.45, 2.75) is 50.5 Å². The van der Waals surface area contributed by atoms with Crippen LogP contribution < -0.4 is 0 Å². The molecule has 1 aliphatic heterocycles. The molecule has 1 atom stereocenters. The summed E-state index contributed by atoms with van der Waals surface area (Å²) in [6, 6.07) is 4.77. The van der Waals surface area contributed by atoms with Crippen LogP contribution in [0.25, 0.3) is 0 Å². The van der Waals surface area contributed by atoms with E-state index < -0.39 is 22.0 Å². The number of rotatable bonds is 4. The minimum atomic E-state index is -3.63. The Kier molecular flexibility index (Phi) is 4.68. The van der Waals surface area contributed by atoms with Crippen LogP contribution in [0, 0.1) is 13.8 Å². The van der Waals surface area contributed by atoms with Crippen LogP contribution in [-0.2, 0) is 14.8 Å². The van der Waals surface area contributed by atoms with Gasteiger partial charge in [-0.15, -0.1) is 0 Å². The van der Waals surface area contributed by atoms with Crippen LogP contribution >= 0.6 is 0 Å². The molecule has 0 spiro atoms. The Bertz CT molecular complexity index is 619. The number of carbonyl (C=O) groups is 1. The zero-order valence-electron chi connectivity index (χ0n) is 12.4. The van der Waals surface area contributed by atoms with E-state index in [1.165, 1.54) is 4.31 Å². The molecule has 116 valence electrons. The van der Waals surface area contributed by atoms with E-state index in [4.69, 9.17) is 5.11 Å². The van der Waals surface area contributed by atoms with E-state index in [9.17, 15) is 13.2 Å². The molecule has 0 saturated carbocycles. The third-order valence-corrected chi connectivity index (χ3v) is 5.71. The fraction of sp³-hybridized carbons (Fsp3) is 0.533. The Balaban J connectivity index is 2.37. The van der Waals surface area contributed by atoms with Gasteiger partial charge >= 0.3 is 5.97 Å². The predicted octanol–water partition coefficient (Wildman–Crippen LogP) is 2.32. The largest absolute Gasteiger partial charge is 0.481 e. The Labute approximate surface area is 125 Å². The summed E-state index contributed by atoms with van der Waals surface area (Å²) in [5.41, 5.74) is 1.78. The van der Waals surface area contributed by atoms with E-state index in [2.05, 4.69) is 0 Å². The summed E-state index contributed by atoms with van der Waals surface area (Å²) in [5, 5.41) is 8.99. The van der Waals surface area contributed by atoms with Crippen molar-refractivity contribution in [2.24, 2.45) is 0 Å². The quantitative estimate of drug-likeness (QED) is 0.926. The molecule has 1 unspecified atom stereocenters. The molecular weight excluding hydrogens is 290 g/mol. The van der Waals surface area contributed by atoms with Crippen molar-refractivity contribution in [2.75, 3.05) is 6.54 Å². The second-order valence-electron chi connectivity index (χ2n) is 5.69. The summed E-state index contributed by atoms with van der Waals surface area (Å²) in [7, 11) is -3.63. The molecule has 1 fully saturated rings. The lowest BCUT2D eigenvalue weighted by Gasteiger charge is -2.34. The number of nitrogens with zero attached hydrogens (tertiary/aromatic N) is 1. The van der Waals surface area contributed by atoms with Gasteiger partial charge in [0.15, 0.2) is 0 Å². The molecule has 5 nitrogen and oxygen atoms in total. The van der Waals surface area contributed by atoms with Crippen LogP contribution in [0.2, 0.25) is 0 Å². The van der Waals surface area contributed by atoms with Gasteiger partial charge in [-0.3, -0.25) is 4.79 Å². The first-order chi connectivity index (χ1) is 9.80. The Morgan fingerprint density at radius 1 is 1.24 bits per heavy atom. The number of aryl methyl sites for hydroxylation is 2. The average Bonchev–Trinajstić information content (AvgIpc) is 2.37. The highest BCUT2D eigenvalue weighted by molar-refractivity contribution is 7.89. The number of aliphatic carboxylic acids is 1. The molecule has 1 aromatic rings. The van der Waals surface area contributed by atoms with Crippen LogP contribution in [0.4, 0.5) is 0 Å². The second kappa shape index (κ2) is 6.15. The highest BCUT2D eigenvalue weighted by atomic mass is 32.2. The summed E-state index contributed by atoms with van der Waals surface area (Å²) in [6.07, 6.45) is 2.12. The molecule has 1 heterocycles. The number of hydrogen-bond acceptors (Lipinski definition) is 3. The maximum atomic E-state index is 12.8. The molecule has 1 aromatic carbocycles. The number of piperidine rings is 1. The number of carboxylic acid groups (broad SMARTS) is 1. The average molecular weight is 311 g/mol. The normalized spacial score (nSPS) is 20.4.